The number of hydrogen-bond donors (Lipinski definition) is 0. The molecule has 1 unspecified atom stereocenters. The van der Waals surface area contributed by atoms with Crippen LogP contribution < -0.4 is 0 Å². The minimum absolute atomic E-state index is 0.195. The van der Waals surface area contributed by atoms with Crippen LogP contribution in [0.3, 0.4) is 0 Å². The monoisotopic (exact) mass is 320 g/mol. The van der Waals surface area contributed by atoms with Gasteiger partial charge in [-0.15, -0.1) is 11.6 Å². The van der Waals surface area contributed by atoms with Gasteiger partial charge >= 0.3 is 0 Å². The number of aromatic nitrogens is 4. The summed E-state index contributed by atoms with van der Waals surface area (Å²) in [4.78, 5) is 13.2. The van der Waals surface area contributed by atoms with E-state index in [2.05, 4.69) is 19.5 Å². The molecule has 1 aromatic carbocycles. The van der Waals surface area contributed by atoms with E-state index < -0.39 is 0 Å². The Bertz CT molecular complexity index is 795. The molecule has 0 aliphatic carbocycles. The van der Waals surface area contributed by atoms with Crippen LogP contribution >= 0.6 is 23.2 Å². The molecular weight excluding hydrogens is 307 g/mol. The number of benzene rings is 1. The normalized spacial score (nSPS) is 12.8. The molecule has 0 aliphatic heterocycles. The molecule has 0 saturated carbocycles. The lowest BCUT2D eigenvalue weighted by molar-refractivity contribution is 0.721. The van der Waals surface area contributed by atoms with Crippen molar-refractivity contribution in [3.8, 4) is 0 Å². The number of aryl methyl sites for hydroxylation is 1. The Morgan fingerprint density at radius 1 is 1.24 bits per heavy atom. The molecule has 3 aromatic rings. The van der Waals surface area contributed by atoms with Gasteiger partial charge in [0.1, 0.15) is 11.6 Å². The largest absolute Gasteiger partial charge is 0.321 e. The van der Waals surface area contributed by atoms with E-state index in [0.717, 1.165) is 28.4 Å². The average Bonchev–Trinajstić information content (AvgIpc) is 2.77. The molecule has 21 heavy (non-hydrogen) atoms. The topological polar surface area (TPSA) is 43.6 Å². The lowest BCUT2D eigenvalue weighted by Crippen LogP contribution is -2.08. The van der Waals surface area contributed by atoms with Gasteiger partial charge in [-0.25, -0.2) is 15.0 Å². The van der Waals surface area contributed by atoms with Crippen LogP contribution in [-0.2, 0) is 6.54 Å². The molecule has 0 bridgehead atoms. The standard InChI is InChI=1S/C15H14Cl2N4/c1-9(16)15-20-13-7-11(17)3-4-14(13)21(15)8-12-5-6-18-10(2)19-12/h3-7,9H,8H2,1-2H3. The predicted octanol–water partition coefficient (Wildman–Crippen LogP) is 4.14. The highest BCUT2D eigenvalue weighted by Gasteiger charge is 2.16. The number of halogens is 2. The van der Waals surface area contributed by atoms with Gasteiger partial charge in [-0.05, 0) is 38.1 Å². The Morgan fingerprint density at radius 3 is 2.76 bits per heavy atom. The number of hydrogen-bond acceptors (Lipinski definition) is 3. The van der Waals surface area contributed by atoms with E-state index in [1.54, 1.807) is 6.20 Å². The molecule has 0 radical (unpaired) electrons. The van der Waals surface area contributed by atoms with Crippen LogP contribution in [0.5, 0.6) is 0 Å². The van der Waals surface area contributed by atoms with Crippen molar-refractivity contribution in [2.75, 3.05) is 0 Å². The van der Waals surface area contributed by atoms with Crippen LogP contribution in [0.25, 0.3) is 11.0 Å². The summed E-state index contributed by atoms with van der Waals surface area (Å²) in [7, 11) is 0. The average molecular weight is 321 g/mol. The summed E-state index contributed by atoms with van der Waals surface area (Å²) in [6, 6.07) is 7.57. The fraction of sp³-hybridized carbons (Fsp3) is 0.267. The Hall–Kier alpha value is -1.65. The number of imidazole rings is 1. The molecule has 108 valence electrons. The second kappa shape index (κ2) is 5.62. The zero-order chi connectivity index (χ0) is 15.0. The SMILES string of the molecule is Cc1nccc(Cn2c(C(C)Cl)nc3cc(Cl)ccc32)n1. The van der Waals surface area contributed by atoms with Gasteiger partial charge in [0.05, 0.1) is 28.6 Å². The first-order chi connectivity index (χ1) is 10.0. The number of nitrogens with zero attached hydrogens (tertiary/aromatic N) is 4. The Balaban J connectivity index is 2.13. The summed E-state index contributed by atoms with van der Waals surface area (Å²) in [5, 5.41) is 0.470. The molecule has 0 fully saturated rings. The molecule has 3 rings (SSSR count). The molecule has 4 nitrogen and oxygen atoms in total. The maximum absolute atomic E-state index is 6.27. The Morgan fingerprint density at radius 2 is 2.05 bits per heavy atom. The van der Waals surface area contributed by atoms with E-state index in [4.69, 9.17) is 23.2 Å². The summed E-state index contributed by atoms with van der Waals surface area (Å²) in [6.07, 6.45) is 1.76. The minimum Gasteiger partial charge on any atom is -0.321 e. The zero-order valence-corrected chi connectivity index (χ0v) is 13.2. The molecule has 6 heteroatoms. The molecule has 0 N–H and O–H groups in total. The molecule has 1 atom stereocenters. The van der Waals surface area contributed by atoms with Crippen molar-refractivity contribution >= 4 is 34.2 Å². The quantitative estimate of drug-likeness (QED) is 0.681. The van der Waals surface area contributed by atoms with Crippen molar-refractivity contribution < 1.29 is 0 Å². The van der Waals surface area contributed by atoms with Crippen molar-refractivity contribution in [2.45, 2.75) is 25.8 Å². The van der Waals surface area contributed by atoms with E-state index in [0.29, 0.717) is 11.6 Å². The first-order valence-electron chi connectivity index (χ1n) is 6.63. The Kier molecular flexibility index (Phi) is 3.83. The fourth-order valence-electron chi connectivity index (χ4n) is 2.35. The van der Waals surface area contributed by atoms with Crippen molar-refractivity contribution in [1.82, 2.24) is 19.5 Å². The highest BCUT2D eigenvalue weighted by Crippen LogP contribution is 2.27. The van der Waals surface area contributed by atoms with Gasteiger partial charge in [-0.1, -0.05) is 11.6 Å². The van der Waals surface area contributed by atoms with Gasteiger partial charge < -0.3 is 4.57 Å². The maximum Gasteiger partial charge on any atom is 0.128 e. The molecule has 0 aliphatic rings. The first-order valence-corrected chi connectivity index (χ1v) is 7.44. The van der Waals surface area contributed by atoms with Gasteiger partial charge in [0.2, 0.25) is 0 Å². The fourth-order valence-corrected chi connectivity index (χ4v) is 2.68. The van der Waals surface area contributed by atoms with Crippen molar-refractivity contribution in [3.05, 3.63) is 52.8 Å². The summed E-state index contributed by atoms with van der Waals surface area (Å²) < 4.78 is 2.07. The van der Waals surface area contributed by atoms with Gasteiger partial charge in [-0.3, -0.25) is 0 Å². The summed E-state index contributed by atoms with van der Waals surface area (Å²) >= 11 is 12.3. The summed E-state index contributed by atoms with van der Waals surface area (Å²) in [6.45, 7) is 4.39. The molecule has 0 saturated heterocycles. The number of fused-ring (bicyclic) bond motifs is 1. The molecular formula is C15H14Cl2N4. The first kappa shape index (κ1) is 14.3. The Labute approximate surface area is 132 Å². The predicted molar refractivity (Wildman–Crippen MR) is 84.9 cm³/mol. The van der Waals surface area contributed by atoms with Gasteiger partial charge in [-0.2, -0.15) is 0 Å². The van der Waals surface area contributed by atoms with Gasteiger partial charge in [0.25, 0.3) is 0 Å². The third-order valence-corrected chi connectivity index (χ3v) is 3.68. The molecule has 0 amide bonds. The van der Waals surface area contributed by atoms with Crippen molar-refractivity contribution in [2.24, 2.45) is 0 Å². The highest BCUT2D eigenvalue weighted by atomic mass is 35.5. The van der Waals surface area contributed by atoms with Crippen molar-refractivity contribution in [1.29, 1.82) is 0 Å². The van der Waals surface area contributed by atoms with Crippen molar-refractivity contribution in [3.63, 3.8) is 0 Å². The van der Waals surface area contributed by atoms with Gasteiger partial charge in [0, 0.05) is 11.2 Å². The maximum atomic E-state index is 6.27. The second-order valence-corrected chi connectivity index (χ2v) is 5.99. The van der Waals surface area contributed by atoms with Gasteiger partial charge in [0.15, 0.2) is 0 Å². The van der Waals surface area contributed by atoms with E-state index in [1.165, 1.54) is 0 Å². The molecule has 2 heterocycles. The second-order valence-electron chi connectivity index (χ2n) is 4.90. The summed E-state index contributed by atoms with van der Waals surface area (Å²) in [5.74, 6) is 1.56. The van der Waals surface area contributed by atoms with Crippen LogP contribution in [0.4, 0.5) is 0 Å². The van der Waals surface area contributed by atoms with Crippen LogP contribution in [-0.4, -0.2) is 19.5 Å². The summed E-state index contributed by atoms with van der Waals surface area (Å²) in [5.41, 5.74) is 2.77. The van der Waals surface area contributed by atoms with Crippen LogP contribution in [0.15, 0.2) is 30.5 Å². The third-order valence-electron chi connectivity index (χ3n) is 3.25. The van der Waals surface area contributed by atoms with Crippen LogP contribution in [0, 0.1) is 6.92 Å². The van der Waals surface area contributed by atoms with E-state index in [-0.39, 0.29) is 5.38 Å². The third kappa shape index (κ3) is 2.87. The highest BCUT2D eigenvalue weighted by molar-refractivity contribution is 6.31. The zero-order valence-electron chi connectivity index (χ0n) is 11.7. The molecule has 2 aromatic heterocycles. The van der Waals surface area contributed by atoms with Crippen LogP contribution in [0.2, 0.25) is 5.02 Å². The number of alkyl halides is 1. The van der Waals surface area contributed by atoms with Crippen LogP contribution in [0.1, 0.15) is 29.6 Å². The smallest absolute Gasteiger partial charge is 0.128 e. The van der Waals surface area contributed by atoms with E-state index in [9.17, 15) is 0 Å². The van der Waals surface area contributed by atoms with E-state index in [1.807, 2.05) is 38.1 Å². The number of rotatable bonds is 3. The lowest BCUT2D eigenvalue weighted by atomic mass is 10.3. The minimum atomic E-state index is -0.195. The lowest BCUT2D eigenvalue weighted by Gasteiger charge is -2.10. The molecule has 0 spiro atoms. The van der Waals surface area contributed by atoms with E-state index >= 15 is 0 Å².